The first-order valence-electron chi connectivity index (χ1n) is 7.81. The first kappa shape index (κ1) is 16.0. The van der Waals surface area contributed by atoms with Crippen LogP contribution < -0.4 is 10.8 Å². The molecule has 0 radical (unpaired) electrons. The molecule has 1 aliphatic rings. The molecular weight excluding hydrogens is 293 g/mol. The highest BCUT2D eigenvalue weighted by atomic mass is 16.7. The minimum absolute atomic E-state index is 0.359. The lowest BCUT2D eigenvalue weighted by atomic mass is 9.78. The summed E-state index contributed by atoms with van der Waals surface area (Å²) in [4.78, 5) is 0. The smallest absolute Gasteiger partial charge is 0.399 e. The molecule has 1 aliphatic heterocycles. The van der Waals surface area contributed by atoms with Gasteiger partial charge in [0.1, 0.15) is 0 Å². The number of tetrazole rings is 1. The molecule has 2 heterocycles. The molecule has 0 spiro atoms. The maximum atomic E-state index is 6.11. The van der Waals surface area contributed by atoms with E-state index in [0.29, 0.717) is 5.82 Å². The number of benzene rings is 1. The summed E-state index contributed by atoms with van der Waals surface area (Å²) in [6, 6.07) is 5.97. The van der Waals surface area contributed by atoms with E-state index in [9.17, 15) is 0 Å². The SMILES string of the molecule is CCNc1cc(B2OC(C)(C)C(C)(C)O2)ccc1-c1nn[nH]n1. The Balaban J connectivity index is 1.95. The van der Waals surface area contributed by atoms with Crippen molar-refractivity contribution in [1.29, 1.82) is 0 Å². The predicted octanol–water partition coefficient (Wildman–Crippen LogP) is 1.60. The first-order chi connectivity index (χ1) is 10.8. The molecule has 1 saturated heterocycles. The Morgan fingerprint density at radius 1 is 1.17 bits per heavy atom. The van der Waals surface area contributed by atoms with E-state index in [1.165, 1.54) is 0 Å². The number of nitrogens with zero attached hydrogens (tertiary/aromatic N) is 3. The number of hydrogen-bond donors (Lipinski definition) is 2. The van der Waals surface area contributed by atoms with Crippen LogP contribution in [0.4, 0.5) is 5.69 Å². The van der Waals surface area contributed by atoms with Crippen LogP contribution in [0.2, 0.25) is 0 Å². The molecule has 2 N–H and O–H groups in total. The van der Waals surface area contributed by atoms with Crippen LogP contribution in [0.3, 0.4) is 0 Å². The maximum Gasteiger partial charge on any atom is 0.494 e. The molecule has 0 aliphatic carbocycles. The predicted molar refractivity (Wildman–Crippen MR) is 89.5 cm³/mol. The molecule has 122 valence electrons. The highest BCUT2D eigenvalue weighted by Crippen LogP contribution is 2.37. The van der Waals surface area contributed by atoms with Gasteiger partial charge in [0.15, 0.2) is 0 Å². The summed E-state index contributed by atoms with van der Waals surface area (Å²) in [5.74, 6) is 0.557. The van der Waals surface area contributed by atoms with Gasteiger partial charge in [0.05, 0.1) is 11.2 Å². The van der Waals surface area contributed by atoms with Gasteiger partial charge < -0.3 is 14.6 Å². The summed E-state index contributed by atoms with van der Waals surface area (Å²) in [6.45, 7) is 11.0. The van der Waals surface area contributed by atoms with Gasteiger partial charge in [-0.05, 0) is 57.4 Å². The lowest BCUT2D eigenvalue weighted by Crippen LogP contribution is -2.41. The fourth-order valence-electron chi connectivity index (χ4n) is 2.50. The van der Waals surface area contributed by atoms with Crippen LogP contribution >= 0.6 is 0 Å². The Kier molecular flexibility index (Phi) is 3.89. The first-order valence-corrected chi connectivity index (χ1v) is 7.81. The molecule has 0 bridgehead atoms. The Hall–Kier alpha value is -1.93. The van der Waals surface area contributed by atoms with Crippen LogP contribution in [-0.4, -0.2) is 45.5 Å². The van der Waals surface area contributed by atoms with Crippen LogP contribution in [0.5, 0.6) is 0 Å². The van der Waals surface area contributed by atoms with Crippen molar-refractivity contribution < 1.29 is 9.31 Å². The molecule has 3 rings (SSSR count). The molecule has 0 unspecified atom stereocenters. The highest BCUT2D eigenvalue weighted by molar-refractivity contribution is 6.62. The van der Waals surface area contributed by atoms with Gasteiger partial charge in [0, 0.05) is 17.8 Å². The van der Waals surface area contributed by atoms with E-state index in [2.05, 4.69) is 25.9 Å². The van der Waals surface area contributed by atoms with E-state index < -0.39 is 7.12 Å². The van der Waals surface area contributed by atoms with E-state index in [4.69, 9.17) is 9.31 Å². The fourth-order valence-corrected chi connectivity index (χ4v) is 2.50. The van der Waals surface area contributed by atoms with E-state index in [1.807, 2.05) is 52.8 Å². The van der Waals surface area contributed by atoms with E-state index in [1.54, 1.807) is 0 Å². The minimum atomic E-state index is -0.392. The summed E-state index contributed by atoms with van der Waals surface area (Å²) in [5.41, 5.74) is 2.07. The number of aromatic amines is 1. The average molecular weight is 315 g/mol. The van der Waals surface area contributed by atoms with Gasteiger partial charge >= 0.3 is 7.12 Å². The van der Waals surface area contributed by atoms with Gasteiger partial charge in [-0.25, -0.2) is 0 Å². The van der Waals surface area contributed by atoms with Gasteiger partial charge in [0.25, 0.3) is 0 Å². The fraction of sp³-hybridized carbons (Fsp3) is 0.533. The third-order valence-electron chi connectivity index (χ3n) is 4.52. The Labute approximate surface area is 136 Å². The number of nitrogens with one attached hydrogen (secondary N) is 2. The second-order valence-corrected chi connectivity index (χ2v) is 6.66. The van der Waals surface area contributed by atoms with Crippen molar-refractivity contribution in [1.82, 2.24) is 20.6 Å². The van der Waals surface area contributed by atoms with E-state index in [-0.39, 0.29) is 11.2 Å². The molecule has 0 atom stereocenters. The normalized spacial score (nSPS) is 19.1. The largest absolute Gasteiger partial charge is 0.494 e. The molecule has 2 aromatic rings. The summed E-state index contributed by atoms with van der Waals surface area (Å²) in [6.07, 6.45) is 0. The standard InChI is InChI=1S/C15H22BN5O2/c1-6-17-12-9-10(7-8-11(12)13-18-20-21-19-13)16-22-14(2,3)15(4,5)23-16/h7-9,17H,6H2,1-5H3,(H,18,19,20,21). The molecule has 7 nitrogen and oxygen atoms in total. The van der Waals surface area contributed by atoms with Gasteiger partial charge in [-0.15, -0.1) is 10.2 Å². The molecular formula is C15H22BN5O2. The van der Waals surface area contributed by atoms with Crippen LogP contribution in [0.1, 0.15) is 34.6 Å². The maximum absolute atomic E-state index is 6.11. The van der Waals surface area contributed by atoms with Crippen LogP contribution in [0, 0.1) is 0 Å². The lowest BCUT2D eigenvalue weighted by Gasteiger charge is -2.32. The van der Waals surface area contributed by atoms with Crippen molar-refractivity contribution in [2.75, 3.05) is 11.9 Å². The number of aromatic nitrogens is 4. The van der Waals surface area contributed by atoms with Crippen LogP contribution in [-0.2, 0) is 9.31 Å². The number of hydrogen-bond acceptors (Lipinski definition) is 6. The third kappa shape index (κ3) is 2.84. The molecule has 1 aromatic heterocycles. The molecule has 8 heteroatoms. The van der Waals surface area contributed by atoms with E-state index >= 15 is 0 Å². The van der Waals surface area contributed by atoms with Gasteiger partial charge in [-0.3, -0.25) is 0 Å². The monoisotopic (exact) mass is 315 g/mol. The van der Waals surface area contributed by atoms with E-state index in [0.717, 1.165) is 23.3 Å². The van der Waals surface area contributed by atoms with Gasteiger partial charge in [-0.2, -0.15) is 5.21 Å². The molecule has 1 aromatic carbocycles. The third-order valence-corrected chi connectivity index (χ3v) is 4.52. The topological polar surface area (TPSA) is 85.0 Å². The number of H-pyrrole nitrogens is 1. The zero-order chi connectivity index (χ0) is 16.7. The highest BCUT2D eigenvalue weighted by Gasteiger charge is 2.51. The molecule has 0 amide bonds. The summed E-state index contributed by atoms with van der Waals surface area (Å²) in [5, 5.41) is 17.5. The van der Waals surface area contributed by atoms with Crippen LogP contribution in [0.25, 0.3) is 11.4 Å². The van der Waals surface area contributed by atoms with Gasteiger partial charge in [-0.1, -0.05) is 6.07 Å². The van der Waals surface area contributed by atoms with Crippen LogP contribution in [0.15, 0.2) is 18.2 Å². The second kappa shape index (κ2) is 5.61. The van der Waals surface area contributed by atoms with Crippen molar-refractivity contribution in [3.63, 3.8) is 0 Å². The minimum Gasteiger partial charge on any atom is -0.399 e. The van der Waals surface area contributed by atoms with Crippen molar-refractivity contribution in [3.8, 4) is 11.4 Å². The summed E-state index contributed by atoms with van der Waals surface area (Å²) >= 11 is 0. The zero-order valence-electron chi connectivity index (χ0n) is 14.2. The van der Waals surface area contributed by atoms with Crippen molar-refractivity contribution in [3.05, 3.63) is 18.2 Å². The molecule has 1 fully saturated rings. The average Bonchev–Trinajstić information content (AvgIpc) is 3.06. The quantitative estimate of drug-likeness (QED) is 0.834. The number of anilines is 1. The molecule has 23 heavy (non-hydrogen) atoms. The number of rotatable bonds is 4. The van der Waals surface area contributed by atoms with Crippen molar-refractivity contribution in [2.24, 2.45) is 0 Å². The molecule has 0 saturated carbocycles. The van der Waals surface area contributed by atoms with Gasteiger partial charge in [0.2, 0.25) is 5.82 Å². The zero-order valence-corrected chi connectivity index (χ0v) is 14.2. The summed E-state index contributed by atoms with van der Waals surface area (Å²) < 4.78 is 12.2. The van der Waals surface area contributed by atoms with Crippen molar-refractivity contribution >= 4 is 18.3 Å². The Morgan fingerprint density at radius 2 is 1.87 bits per heavy atom. The second-order valence-electron chi connectivity index (χ2n) is 6.66. The lowest BCUT2D eigenvalue weighted by molar-refractivity contribution is 0.00578. The summed E-state index contributed by atoms with van der Waals surface area (Å²) in [7, 11) is -0.392. The Morgan fingerprint density at radius 3 is 2.43 bits per heavy atom. The Bertz CT molecular complexity index is 671. The van der Waals surface area contributed by atoms with Crippen molar-refractivity contribution in [2.45, 2.75) is 45.8 Å².